The fraction of sp³-hybridized carbons (Fsp3) is 0.188. The van der Waals surface area contributed by atoms with Gasteiger partial charge in [0.15, 0.2) is 0 Å². The highest BCUT2D eigenvalue weighted by Gasteiger charge is 2.05. The lowest BCUT2D eigenvalue weighted by molar-refractivity contribution is 0.134. The van der Waals surface area contributed by atoms with Crippen LogP contribution in [0.5, 0.6) is 0 Å². The topological polar surface area (TPSA) is 33.0 Å². The highest BCUT2D eigenvalue weighted by molar-refractivity contribution is 5.65. The first-order valence-electron chi connectivity index (χ1n) is 6.01. The summed E-state index contributed by atoms with van der Waals surface area (Å²) in [7, 11) is 0. The third kappa shape index (κ3) is 2.77. The van der Waals surface area contributed by atoms with Crippen LogP contribution >= 0.6 is 0 Å². The fourth-order valence-corrected chi connectivity index (χ4v) is 1.84. The summed E-state index contributed by atoms with van der Waals surface area (Å²) in [5.74, 6) is 0. The molecule has 2 rings (SSSR count). The van der Waals surface area contributed by atoms with Crippen LogP contribution in [0.2, 0.25) is 0 Å². The summed E-state index contributed by atoms with van der Waals surface area (Å²) in [6.07, 6.45) is 0. The number of nitrogens with zero attached hydrogens (tertiary/aromatic N) is 1. The Morgan fingerprint density at radius 1 is 1.06 bits per heavy atom. The van der Waals surface area contributed by atoms with Gasteiger partial charge < -0.3 is 4.74 Å². The van der Waals surface area contributed by atoms with E-state index in [4.69, 9.17) is 10.00 Å². The molecule has 2 aromatic rings. The summed E-state index contributed by atoms with van der Waals surface area (Å²) in [6, 6.07) is 18.2. The molecule has 2 heteroatoms. The molecule has 0 unspecified atom stereocenters. The molecule has 18 heavy (non-hydrogen) atoms. The minimum absolute atomic E-state index is 0.486. The van der Waals surface area contributed by atoms with E-state index in [0.29, 0.717) is 18.8 Å². The molecule has 0 aromatic heterocycles. The minimum atomic E-state index is 0.486. The number of ether oxygens (including phenoxy) is 1. The first-order valence-corrected chi connectivity index (χ1v) is 6.01. The van der Waals surface area contributed by atoms with Crippen molar-refractivity contribution >= 4 is 0 Å². The van der Waals surface area contributed by atoms with Gasteiger partial charge in [-0.1, -0.05) is 36.4 Å². The van der Waals surface area contributed by atoms with Crippen molar-refractivity contribution in [2.24, 2.45) is 0 Å². The molecule has 0 fully saturated rings. The second-order valence-corrected chi connectivity index (χ2v) is 3.99. The molecule has 0 N–H and O–H groups in total. The number of hydrogen-bond donors (Lipinski definition) is 0. The molecule has 90 valence electrons. The van der Waals surface area contributed by atoms with E-state index in [0.717, 1.165) is 16.7 Å². The molecular weight excluding hydrogens is 222 g/mol. The zero-order chi connectivity index (χ0) is 12.8. The molecule has 0 aliphatic carbocycles. The van der Waals surface area contributed by atoms with Gasteiger partial charge in [-0.2, -0.15) is 5.26 Å². The molecule has 0 radical (unpaired) electrons. The first-order chi connectivity index (χ1) is 8.85. The standard InChI is InChI=1S/C16H15NO/c1-2-18-12-16-10-14(8-9-15(16)11-17)13-6-4-3-5-7-13/h3-10H,2,12H2,1H3. The van der Waals surface area contributed by atoms with Gasteiger partial charge in [-0.15, -0.1) is 0 Å². The summed E-state index contributed by atoms with van der Waals surface area (Å²) in [6.45, 7) is 3.09. The third-order valence-electron chi connectivity index (χ3n) is 2.79. The molecular formula is C16H15NO. The van der Waals surface area contributed by atoms with E-state index in [1.54, 1.807) is 0 Å². The maximum absolute atomic E-state index is 9.07. The van der Waals surface area contributed by atoms with Gasteiger partial charge >= 0.3 is 0 Å². The smallest absolute Gasteiger partial charge is 0.0995 e. The molecule has 2 nitrogen and oxygen atoms in total. The van der Waals surface area contributed by atoms with E-state index in [2.05, 4.69) is 18.2 Å². The Morgan fingerprint density at radius 2 is 1.83 bits per heavy atom. The highest BCUT2D eigenvalue weighted by atomic mass is 16.5. The van der Waals surface area contributed by atoms with Crippen molar-refractivity contribution in [1.29, 1.82) is 5.26 Å². The zero-order valence-electron chi connectivity index (χ0n) is 10.4. The molecule has 0 bridgehead atoms. The van der Waals surface area contributed by atoms with E-state index in [1.165, 1.54) is 0 Å². The molecule has 2 aromatic carbocycles. The summed E-state index contributed by atoms with van der Waals surface area (Å²) in [4.78, 5) is 0. The van der Waals surface area contributed by atoms with E-state index in [-0.39, 0.29) is 0 Å². The van der Waals surface area contributed by atoms with Gasteiger partial charge in [0, 0.05) is 6.61 Å². The van der Waals surface area contributed by atoms with Gasteiger partial charge in [-0.25, -0.2) is 0 Å². The van der Waals surface area contributed by atoms with Gasteiger partial charge in [-0.05, 0) is 35.7 Å². The van der Waals surface area contributed by atoms with Crippen LogP contribution in [0.1, 0.15) is 18.1 Å². The van der Waals surface area contributed by atoms with Crippen molar-refractivity contribution in [3.05, 3.63) is 59.7 Å². The van der Waals surface area contributed by atoms with Crippen LogP contribution in [0.25, 0.3) is 11.1 Å². The quantitative estimate of drug-likeness (QED) is 0.811. The monoisotopic (exact) mass is 237 g/mol. The molecule has 0 spiro atoms. The van der Waals surface area contributed by atoms with E-state index < -0.39 is 0 Å². The molecule has 0 aliphatic rings. The zero-order valence-corrected chi connectivity index (χ0v) is 10.4. The van der Waals surface area contributed by atoms with Crippen LogP contribution < -0.4 is 0 Å². The Morgan fingerprint density at radius 3 is 2.50 bits per heavy atom. The van der Waals surface area contributed by atoms with Crippen molar-refractivity contribution in [2.75, 3.05) is 6.61 Å². The Labute approximate surface area is 107 Å². The highest BCUT2D eigenvalue weighted by Crippen LogP contribution is 2.22. The lowest BCUT2D eigenvalue weighted by atomic mass is 10.00. The van der Waals surface area contributed by atoms with E-state index >= 15 is 0 Å². The fourth-order valence-electron chi connectivity index (χ4n) is 1.84. The average molecular weight is 237 g/mol. The van der Waals surface area contributed by atoms with Crippen LogP contribution in [-0.2, 0) is 11.3 Å². The number of benzene rings is 2. The van der Waals surface area contributed by atoms with Crippen molar-refractivity contribution < 1.29 is 4.74 Å². The predicted octanol–water partition coefficient (Wildman–Crippen LogP) is 3.76. The third-order valence-corrected chi connectivity index (χ3v) is 2.79. The van der Waals surface area contributed by atoms with E-state index in [9.17, 15) is 0 Å². The van der Waals surface area contributed by atoms with Crippen LogP contribution in [0.4, 0.5) is 0 Å². The predicted molar refractivity (Wildman–Crippen MR) is 71.9 cm³/mol. The van der Waals surface area contributed by atoms with Crippen molar-refractivity contribution in [1.82, 2.24) is 0 Å². The Kier molecular flexibility index (Phi) is 4.11. The van der Waals surface area contributed by atoms with Crippen molar-refractivity contribution in [3.8, 4) is 17.2 Å². The molecule has 0 atom stereocenters. The van der Waals surface area contributed by atoms with Crippen molar-refractivity contribution in [3.63, 3.8) is 0 Å². The summed E-state index contributed by atoms with van der Waals surface area (Å²) < 4.78 is 5.40. The van der Waals surface area contributed by atoms with Gasteiger partial charge in [0.05, 0.1) is 18.2 Å². The van der Waals surface area contributed by atoms with Crippen molar-refractivity contribution in [2.45, 2.75) is 13.5 Å². The minimum Gasteiger partial charge on any atom is -0.377 e. The lowest BCUT2D eigenvalue weighted by Gasteiger charge is -2.08. The average Bonchev–Trinajstić information content (AvgIpc) is 2.45. The van der Waals surface area contributed by atoms with Gasteiger partial charge in [-0.3, -0.25) is 0 Å². The van der Waals surface area contributed by atoms with Crippen LogP contribution in [0, 0.1) is 11.3 Å². The van der Waals surface area contributed by atoms with E-state index in [1.807, 2.05) is 43.3 Å². The number of nitriles is 1. The SMILES string of the molecule is CCOCc1cc(-c2ccccc2)ccc1C#N. The summed E-state index contributed by atoms with van der Waals surface area (Å²) >= 11 is 0. The van der Waals surface area contributed by atoms with Crippen LogP contribution in [0.3, 0.4) is 0 Å². The van der Waals surface area contributed by atoms with Gasteiger partial charge in [0.1, 0.15) is 0 Å². The van der Waals surface area contributed by atoms with Crippen LogP contribution in [-0.4, -0.2) is 6.61 Å². The van der Waals surface area contributed by atoms with Crippen LogP contribution in [0.15, 0.2) is 48.5 Å². The molecule has 0 aliphatic heterocycles. The molecule has 0 heterocycles. The lowest BCUT2D eigenvalue weighted by Crippen LogP contribution is -1.96. The second kappa shape index (κ2) is 6.00. The Balaban J connectivity index is 2.37. The Hall–Kier alpha value is -2.11. The molecule has 0 saturated carbocycles. The molecule has 0 amide bonds. The largest absolute Gasteiger partial charge is 0.377 e. The molecule has 0 saturated heterocycles. The maximum atomic E-state index is 9.07. The Bertz CT molecular complexity index is 555. The van der Waals surface area contributed by atoms with Gasteiger partial charge in [0.2, 0.25) is 0 Å². The summed E-state index contributed by atoms with van der Waals surface area (Å²) in [5, 5.41) is 9.07. The number of hydrogen-bond acceptors (Lipinski definition) is 2. The normalized spacial score (nSPS) is 10.0. The van der Waals surface area contributed by atoms with Gasteiger partial charge in [0.25, 0.3) is 0 Å². The second-order valence-electron chi connectivity index (χ2n) is 3.99. The number of rotatable bonds is 4. The summed E-state index contributed by atoms with van der Waals surface area (Å²) in [5.41, 5.74) is 3.90. The maximum Gasteiger partial charge on any atom is 0.0995 e. The first kappa shape index (κ1) is 12.3.